The van der Waals surface area contributed by atoms with E-state index in [2.05, 4.69) is 10.1 Å². The van der Waals surface area contributed by atoms with Gasteiger partial charge in [-0.3, -0.25) is 14.2 Å². The summed E-state index contributed by atoms with van der Waals surface area (Å²) in [6.07, 6.45) is 1.50. The molecular formula is C16H15N4O3. The Bertz CT molecular complexity index is 912. The Morgan fingerprint density at radius 2 is 2.09 bits per heavy atom. The lowest BCUT2D eigenvalue weighted by molar-refractivity contribution is -0.117. The van der Waals surface area contributed by atoms with E-state index in [9.17, 15) is 9.59 Å². The lowest BCUT2D eigenvalue weighted by atomic mass is 10.2. The Hall–Kier alpha value is -2.96. The lowest BCUT2D eigenvalue weighted by Gasteiger charge is -2.11. The minimum Gasteiger partial charge on any atom is -0.370 e. The summed E-state index contributed by atoms with van der Waals surface area (Å²) in [4.78, 5) is 28.1. The third-order valence-electron chi connectivity index (χ3n) is 3.47. The SMILES string of the molecule is Cc1noc2nc([CH]CC(N)=O)n(Cc3ccccc3)c(=O)c12. The molecule has 0 spiro atoms. The fraction of sp³-hybridized carbons (Fsp3) is 0.188. The first-order chi connectivity index (χ1) is 11.1. The molecule has 1 amide bonds. The van der Waals surface area contributed by atoms with Crippen molar-refractivity contribution < 1.29 is 9.32 Å². The summed E-state index contributed by atoms with van der Waals surface area (Å²) >= 11 is 0. The normalized spacial score (nSPS) is 11.0. The number of nitrogens with two attached hydrogens (primary N) is 1. The Morgan fingerprint density at radius 3 is 2.78 bits per heavy atom. The molecule has 1 aromatic carbocycles. The van der Waals surface area contributed by atoms with Crippen LogP contribution < -0.4 is 11.3 Å². The smallest absolute Gasteiger partial charge is 0.267 e. The molecule has 3 aromatic rings. The number of amides is 1. The first kappa shape index (κ1) is 15.0. The molecule has 0 fully saturated rings. The van der Waals surface area contributed by atoms with Crippen molar-refractivity contribution >= 4 is 17.0 Å². The number of nitrogens with zero attached hydrogens (tertiary/aromatic N) is 3. The zero-order valence-electron chi connectivity index (χ0n) is 12.5. The van der Waals surface area contributed by atoms with Gasteiger partial charge in [0.15, 0.2) is 0 Å². The minimum atomic E-state index is -0.501. The highest BCUT2D eigenvalue weighted by molar-refractivity contribution is 5.76. The summed E-state index contributed by atoms with van der Waals surface area (Å²) in [6, 6.07) is 9.51. The average Bonchev–Trinajstić information content (AvgIpc) is 2.90. The first-order valence-electron chi connectivity index (χ1n) is 7.08. The fourth-order valence-electron chi connectivity index (χ4n) is 2.35. The largest absolute Gasteiger partial charge is 0.370 e. The second kappa shape index (κ2) is 6.04. The van der Waals surface area contributed by atoms with Gasteiger partial charge in [0.2, 0.25) is 5.91 Å². The average molecular weight is 311 g/mol. The van der Waals surface area contributed by atoms with Crippen LogP contribution in [-0.4, -0.2) is 20.6 Å². The van der Waals surface area contributed by atoms with Crippen LogP contribution in [-0.2, 0) is 11.3 Å². The fourth-order valence-corrected chi connectivity index (χ4v) is 2.35. The number of fused-ring (bicyclic) bond motifs is 1. The van der Waals surface area contributed by atoms with Crippen molar-refractivity contribution in [3.8, 4) is 0 Å². The van der Waals surface area contributed by atoms with E-state index in [1.165, 1.54) is 11.0 Å². The number of hydrogen-bond donors (Lipinski definition) is 1. The molecule has 7 nitrogen and oxygen atoms in total. The van der Waals surface area contributed by atoms with Crippen LogP contribution in [0.2, 0.25) is 0 Å². The molecule has 117 valence electrons. The number of rotatable bonds is 5. The topological polar surface area (TPSA) is 104 Å². The third kappa shape index (κ3) is 2.98. The van der Waals surface area contributed by atoms with Gasteiger partial charge in [0.25, 0.3) is 11.3 Å². The van der Waals surface area contributed by atoms with Crippen LogP contribution in [0.5, 0.6) is 0 Å². The monoisotopic (exact) mass is 311 g/mol. The molecule has 0 aliphatic carbocycles. The Labute approximate surface area is 131 Å². The molecule has 23 heavy (non-hydrogen) atoms. The minimum absolute atomic E-state index is 0.0140. The van der Waals surface area contributed by atoms with Crippen molar-refractivity contribution in [3.05, 3.63) is 64.2 Å². The molecule has 2 heterocycles. The molecule has 0 saturated heterocycles. The predicted molar refractivity (Wildman–Crippen MR) is 83.6 cm³/mol. The van der Waals surface area contributed by atoms with Gasteiger partial charge in [0, 0.05) is 12.8 Å². The summed E-state index contributed by atoms with van der Waals surface area (Å²) in [5, 5.41) is 4.13. The maximum atomic E-state index is 12.8. The van der Waals surface area contributed by atoms with Crippen LogP contribution in [0.25, 0.3) is 11.1 Å². The molecule has 3 rings (SSSR count). The van der Waals surface area contributed by atoms with E-state index >= 15 is 0 Å². The molecule has 7 heteroatoms. The standard InChI is InChI=1S/C16H15N4O3/c1-10-14-15(23-19-10)18-13(8-7-12(17)21)20(16(14)22)9-11-5-3-2-4-6-11/h2-6,8H,7,9H2,1H3,(H2,17,21). The van der Waals surface area contributed by atoms with Gasteiger partial charge < -0.3 is 10.3 Å². The summed E-state index contributed by atoms with van der Waals surface area (Å²) in [5.41, 5.74) is 6.51. The van der Waals surface area contributed by atoms with Crippen molar-refractivity contribution in [3.63, 3.8) is 0 Å². The molecule has 0 aliphatic heterocycles. The zero-order chi connectivity index (χ0) is 16.4. The van der Waals surface area contributed by atoms with Gasteiger partial charge in [-0.1, -0.05) is 35.5 Å². The molecule has 0 bridgehead atoms. The van der Waals surface area contributed by atoms with Crippen LogP contribution >= 0.6 is 0 Å². The van der Waals surface area contributed by atoms with Crippen molar-refractivity contribution in [2.24, 2.45) is 5.73 Å². The van der Waals surface area contributed by atoms with Gasteiger partial charge in [0.1, 0.15) is 11.2 Å². The Morgan fingerprint density at radius 1 is 1.35 bits per heavy atom. The van der Waals surface area contributed by atoms with Gasteiger partial charge in [0.05, 0.1) is 12.2 Å². The molecule has 0 saturated carbocycles. The molecule has 1 radical (unpaired) electrons. The second-order valence-corrected chi connectivity index (χ2v) is 5.17. The lowest BCUT2D eigenvalue weighted by Crippen LogP contribution is -2.26. The van der Waals surface area contributed by atoms with Crippen molar-refractivity contribution in [2.75, 3.05) is 0 Å². The van der Waals surface area contributed by atoms with Crippen LogP contribution in [0, 0.1) is 13.3 Å². The quantitative estimate of drug-likeness (QED) is 0.761. The summed E-state index contributed by atoms with van der Waals surface area (Å²) in [7, 11) is 0. The van der Waals surface area contributed by atoms with Crippen LogP contribution in [0.4, 0.5) is 0 Å². The van der Waals surface area contributed by atoms with Crippen molar-refractivity contribution in [2.45, 2.75) is 19.9 Å². The number of aromatic nitrogens is 3. The van der Waals surface area contributed by atoms with Gasteiger partial charge >= 0.3 is 0 Å². The van der Waals surface area contributed by atoms with E-state index in [1.54, 1.807) is 6.92 Å². The van der Waals surface area contributed by atoms with E-state index in [0.29, 0.717) is 23.4 Å². The van der Waals surface area contributed by atoms with E-state index < -0.39 is 5.91 Å². The molecule has 0 aliphatic rings. The first-order valence-corrected chi connectivity index (χ1v) is 7.08. The maximum absolute atomic E-state index is 12.8. The molecule has 2 N–H and O–H groups in total. The summed E-state index contributed by atoms with van der Waals surface area (Å²) in [6.45, 7) is 2.02. The number of hydrogen-bond acceptors (Lipinski definition) is 5. The highest BCUT2D eigenvalue weighted by Gasteiger charge is 2.17. The number of primary amides is 1. The predicted octanol–water partition coefficient (Wildman–Crippen LogP) is 1.17. The number of aryl methyl sites for hydroxylation is 1. The summed E-state index contributed by atoms with van der Waals surface area (Å²) in [5.74, 6) is -0.166. The van der Waals surface area contributed by atoms with E-state index in [4.69, 9.17) is 10.3 Å². The van der Waals surface area contributed by atoms with Crippen LogP contribution in [0.1, 0.15) is 23.5 Å². The molecular weight excluding hydrogens is 296 g/mol. The van der Waals surface area contributed by atoms with Gasteiger partial charge in [-0.15, -0.1) is 0 Å². The van der Waals surface area contributed by atoms with Crippen LogP contribution in [0.3, 0.4) is 0 Å². The Balaban J connectivity index is 2.12. The zero-order valence-corrected chi connectivity index (χ0v) is 12.5. The van der Waals surface area contributed by atoms with E-state index in [0.717, 1.165) is 5.56 Å². The molecule has 0 atom stereocenters. The van der Waals surface area contributed by atoms with Crippen LogP contribution in [0.15, 0.2) is 39.6 Å². The Kier molecular flexibility index (Phi) is 3.92. The molecule has 0 unspecified atom stereocenters. The maximum Gasteiger partial charge on any atom is 0.267 e. The highest BCUT2D eigenvalue weighted by atomic mass is 16.5. The number of benzene rings is 1. The van der Waals surface area contributed by atoms with Gasteiger partial charge in [-0.2, -0.15) is 4.98 Å². The van der Waals surface area contributed by atoms with Gasteiger partial charge in [-0.05, 0) is 12.5 Å². The summed E-state index contributed by atoms with van der Waals surface area (Å²) < 4.78 is 6.56. The number of carbonyl (C=O) groups excluding carboxylic acids is 1. The van der Waals surface area contributed by atoms with Crippen molar-refractivity contribution in [1.29, 1.82) is 0 Å². The number of carbonyl (C=O) groups is 1. The second-order valence-electron chi connectivity index (χ2n) is 5.17. The third-order valence-corrected chi connectivity index (χ3v) is 3.47. The highest BCUT2D eigenvalue weighted by Crippen LogP contribution is 2.14. The van der Waals surface area contributed by atoms with Crippen molar-refractivity contribution in [1.82, 2.24) is 14.7 Å². The van der Waals surface area contributed by atoms with Gasteiger partial charge in [-0.25, -0.2) is 0 Å². The van der Waals surface area contributed by atoms with E-state index in [1.807, 2.05) is 30.3 Å². The molecule has 2 aromatic heterocycles. The van der Waals surface area contributed by atoms with E-state index in [-0.39, 0.29) is 17.7 Å².